The summed E-state index contributed by atoms with van der Waals surface area (Å²) in [5.74, 6) is 0.552. The van der Waals surface area contributed by atoms with Crippen molar-refractivity contribution in [1.29, 1.82) is 0 Å². The van der Waals surface area contributed by atoms with Crippen LogP contribution in [0.4, 0.5) is 4.79 Å². The predicted octanol–water partition coefficient (Wildman–Crippen LogP) is 1.86. The fourth-order valence-electron chi connectivity index (χ4n) is 2.90. The zero-order valence-corrected chi connectivity index (χ0v) is 13.3. The Bertz CT molecular complexity index is 607. The highest BCUT2D eigenvalue weighted by Gasteiger charge is 2.24. The lowest BCUT2D eigenvalue weighted by molar-refractivity contribution is 0.161. The second-order valence-electron chi connectivity index (χ2n) is 6.01. The highest BCUT2D eigenvalue weighted by atomic mass is 16.2. The summed E-state index contributed by atoms with van der Waals surface area (Å²) in [5, 5.41) is 7.19. The lowest BCUT2D eigenvalue weighted by Crippen LogP contribution is -2.45. The number of likely N-dealkylation sites (tertiary alicyclic amines) is 1. The van der Waals surface area contributed by atoms with Crippen molar-refractivity contribution >= 4 is 6.03 Å². The number of carbonyl (C=O) groups excluding carboxylic acids is 1. The molecule has 3 heterocycles. The van der Waals surface area contributed by atoms with Crippen molar-refractivity contribution in [3.8, 4) is 0 Å². The number of hydrogen-bond acceptors (Lipinski definition) is 4. The van der Waals surface area contributed by atoms with E-state index >= 15 is 0 Å². The quantitative estimate of drug-likeness (QED) is 0.934. The van der Waals surface area contributed by atoms with Gasteiger partial charge in [0.2, 0.25) is 0 Å². The monoisotopic (exact) mass is 314 g/mol. The topological polar surface area (TPSA) is 75.9 Å². The summed E-state index contributed by atoms with van der Waals surface area (Å²) < 4.78 is 1.87. The number of hydrogen-bond donors (Lipinski definition) is 1. The number of pyridine rings is 1. The van der Waals surface area contributed by atoms with Crippen molar-refractivity contribution in [2.45, 2.75) is 32.4 Å². The van der Waals surface area contributed by atoms with E-state index in [1.165, 1.54) is 0 Å². The fraction of sp³-hybridized carbons (Fsp3) is 0.500. The van der Waals surface area contributed by atoms with Gasteiger partial charge in [0.15, 0.2) is 0 Å². The molecular formula is C16H22N6O. The number of piperidine rings is 1. The lowest BCUT2D eigenvalue weighted by atomic mass is 9.97. The van der Waals surface area contributed by atoms with Crippen LogP contribution in [-0.2, 0) is 6.54 Å². The van der Waals surface area contributed by atoms with Crippen LogP contribution in [0.25, 0.3) is 0 Å². The third-order valence-corrected chi connectivity index (χ3v) is 4.34. The summed E-state index contributed by atoms with van der Waals surface area (Å²) in [7, 11) is 0. The Morgan fingerprint density at radius 2 is 2.22 bits per heavy atom. The molecule has 2 aromatic rings. The SMILES string of the molecule is C[C@@H](NC(=O)N1CCC(Cn2cncn2)CC1)c1cccnc1. The molecule has 1 aliphatic rings. The van der Waals surface area contributed by atoms with Gasteiger partial charge in [-0.25, -0.2) is 9.78 Å². The molecule has 3 rings (SSSR count). The van der Waals surface area contributed by atoms with E-state index in [1.807, 2.05) is 28.6 Å². The van der Waals surface area contributed by atoms with E-state index in [9.17, 15) is 4.79 Å². The van der Waals surface area contributed by atoms with Gasteiger partial charge in [0, 0.05) is 32.0 Å². The molecule has 0 saturated carbocycles. The molecule has 1 aliphatic heterocycles. The minimum Gasteiger partial charge on any atom is -0.331 e. The number of aromatic nitrogens is 4. The summed E-state index contributed by atoms with van der Waals surface area (Å²) in [5.41, 5.74) is 1.02. The maximum Gasteiger partial charge on any atom is 0.317 e. The van der Waals surface area contributed by atoms with Gasteiger partial charge >= 0.3 is 6.03 Å². The maximum absolute atomic E-state index is 12.4. The molecule has 0 unspecified atom stereocenters. The molecule has 7 heteroatoms. The van der Waals surface area contributed by atoms with Crippen LogP contribution < -0.4 is 5.32 Å². The van der Waals surface area contributed by atoms with Gasteiger partial charge < -0.3 is 10.2 Å². The molecule has 0 spiro atoms. The highest BCUT2D eigenvalue weighted by Crippen LogP contribution is 2.19. The van der Waals surface area contributed by atoms with Gasteiger partial charge in [-0.1, -0.05) is 6.07 Å². The molecule has 122 valence electrons. The highest BCUT2D eigenvalue weighted by molar-refractivity contribution is 5.74. The number of carbonyl (C=O) groups is 1. The predicted molar refractivity (Wildman–Crippen MR) is 85.5 cm³/mol. The first kappa shape index (κ1) is 15.5. The van der Waals surface area contributed by atoms with Gasteiger partial charge in [-0.2, -0.15) is 5.10 Å². The van der Waals surface area contributed by atoms with Crippen LogP contribution in [0.2, 0.25) is 0 Å². The molecule has 0 bridgehead atoms. The van der Waals surface area contributed by atoms with Gasteiger partial charge in [0.05, 0.1) is 6.04 Å². The molecule has 23 heavy (non-hydrogen) atoms. The first-order chi connectivity index (χ1) is 11.2. The minimum atomic E-state index is -0.0379. The summed E-state index contributed by atoms with van der Waals surface area (Å²) in [6, 6.07) is 3.82. The molecule has 1 saturated heterocycles. The fourth-order valence-corrected chi connectivity index (χ4v) is 2.90. The van der Waals surface area contributed by atoms with E-state index in [-0.39, 0.29) is 12.1 Å². The summed E-state index contributed by atoms with van der Waals surface area (Å²) in [6.45, 7) is 4.42. The second kappa shape index (κ2) is 7.21. The van der Waals surface area contributed by atoms with Crippen LogP contribution in [0.15, 0.2) is 37.2 Å². The van der Waals surface area contributed by atoms with Crippen molar-refractivity contribution in [3.63, 3.8) is 0 Å². The van der Waals surface area contributed by atoms with Crippen LogP contribution in [0.5, 0.6) is 0 Å². The molecule has 0 aromatic carbocycles. The largest absolute Gasteiger partial charge is 0.331 e. The number of amides is 2. The molecule has 0 radical (unpaired) electrons. The standard InChI is InChI=1S/C16H22N6O/c1-13(15-3-2-6-17-9-15)20-16(23)21-7-4-14(5-8-21)10-22-12-18-11-19-22/h2-3,6,9,11-14H,4-5,7-8,10H2,1H3,(H,20,23)/t13-/m1/s1. The van der Waals surface area contributed by atoms with E-state index in [0.717, 1.165) is 38.0 Å². The summed E-state index contributed by atoms with van der Waals surface area (Å²) >= 11 is 0. The van der Waals surface area contributed by atoms with Crippen LogP contribution >= 0.6 is 0 Å². The van der Waals surface area contributed by atoms with Gasteiger partial charge in [0.25, 0.3) is 0 Å². The Hall–Kier alpha value is -2.44. The van der Waals surface area contributed by atoms with E-state index < -0.39 is 0 Å². The Balaban J connectivity index is 1.46. The van der Waals surface area contributed by atoms with Gasteiger partial charge in [-0.05, 0) is 37.3 Å². The number of rotatable bonds is 4. The molecule has 2 aromatic heterocycles. The average molecular weight is 314 g/mol. The Morgan fingerprint density at radius 1 is 1.39 bits per heavy atom. The van der Waals surface area contributed by atoms with Crippen molar-refractivity contribution in [2.24, 2.45) is 5.92 Å². The van der Waals surface area contributed by atoms with Crippen LogP contribution in [0.3, 0.4) is 0 Å². The molecule has 1 atom stereocenters. The molecule has 2 amide bonds. The van der Waals surface area contributed by atoms with E-state index in [4.69, 9.17) is 0 Å². The van der Waals surface area contributed by atoms with Gasteiger partial charge in [0.1, 0.15) is 12.7 Å². The smallest absolute Gasteiger partial charge is 0.317 e. The zero-order chi connectivity index (χ0) is 16.1. The number of nitrogens with one attached hydrogen (secondary N) is 1. The van der Waals surface area contributed by atoms with Crippen molar-refractivity contribution in [2.75, 3.05) is 13.1 Å². The normalized spacial score (nSPS) is 17.0. The van der Waals surface area contributed by atoms with Crippen molar-refractivity contribution < 1.29 is 4.79 Å². The Labute approximate surface area is 135 Å². The maximum atomic E-state index is 12.4. The van der Waals surface area contributed by atoms with Gasteiger partial charge in [-0.3, -0.25) is 9.67 Å². The average Bonchev–Trinajstić information content (AvgIpc) is 3.09. The molecule has 1 fully saturated rings. The number of urea groups is 1. The van der Waals surface area contributed by atoms with E-state index in [1.54, 1.807) is 25.0 Å². The van der Waals surface area contributed by atoms with Crippen LogP contribution in [0, 0.1) is 5.92 Å². The molecular weight excluding hydrogens is 292 g/mol. The Kier molecular flexibility index (Phi) is 4.85. The first-order valence-corrected chi connectivity index (χ1v) is 8.00. The molecule has 0 aliphatic carbocycles. The van der Waals surface area contributed by atoms with Crippen molar-refractivity contribution in [3.05, 3.63) is 42.7 Å². The van der Waals surface area contributed by atoms with Crippen LogP contribution in [0.1, 0.15) is 31.4 Å². The zero-order valence-electron chi connectivity index (χ0n) is 13.3. The summed E-state index contributed by atoms with van der Waals surface area (Å²) in [6.07, 6.45) is 8.81. The summed E-state index contributed by atoms with van der Waals surface area (Å²) in [4.78, 5) is 22.3. The van der Waals surface area contributed by atoms with Gasteiger partial charge in [-0.15, -0.1) is 0 Å². The Morgan fingerprint density at radius 3 is 2.87 bits per heavy atom. The third-order valence-electron chi connectivity index (χ3n) is 4.34. The lowest BCUT2D eigenvalue weighted by Gasteiger charge is -2.32. The van der Waals surface area contributed by atoms with E-state index in [0.29, 0.717) is 5.92 Å². The van der Waals surface area contributed by atoms with E-state index in [2.05, 4.69) is 20.4 Å². The van der Waals surface area contributed by atoms with Crippen molar-refractivity contribution in [1.82, 2.24) is 30.0 Å². The number of nitrogens with zero attached hydrogens (tertiary/aromatic N) is 5. The molecule has 1 N–H and O–H groups in total. The minimum absolute atomic E-state index is 0.000518. The molecule has 7 nitrogen and oxygen atoms in total. The second-order valence-corrected chi connectivity index (χ2v) is 6.01. The van der Waals surface area contributed by atoms with Crippen LogP contribution in [-0.4, -0.2) is 43.8 Å². The third kappa shape index (κ3) is 4.06. The first-order valence-electron chi connectivity index (χ1n) is 8.00.